The first-order valence-corrected chi connectivity index (χ1v) is 6.95. The largest absolute Gasteiger partial charge is 0.347 e. The van der Waals surface area contributed by atoms with Gasteiger partial charge in [-0.2, -0.15) is 0 Å². The van der Waals surface area contributed by atoms with Crippen LogP contribution in [0.3, 0.4) is 0 Å². The molecule has 0 unspecified atom stereocenters. The molecule has 1 saturated carbocycles. The second kappa shape index (κ2) is 4.82. The second-order valence-electron chi connectivity index (χ2n) is 5.48. The molecule has 2 heterocycles. The van der Waals surface area contributed by atoms with Gasteiger partial charge in [-0.1, -0.05) is 12.8 Å². The van der Waals surface area contributed by atoms with Crippen LogP contribution in [-0.2, 0) is 19.1 Å². The molecule has 3 rings (SSSR count). The fraction of sp³-hybridized carbons (Fsp3) is 0.769. The summed E-state index contributed by atoms with van der Waals surface area (Å²) in [6.45, 7) is 2.57. The monoisotopic (exact) mass is 282 g/mol. The van der Waals surface area contributed by atoms with Gasteiger partial charge in [0, 0.05) is 13.8 Å². The molecule has 20 heavy (non-hydrogen) atoms. The number of fused-ring (bicyclic) bond motifs is 2. The third-order valence-corrected chi connectivity index (χ3v) is 4.11. The lowest BCUT2D eigenvalue weighted by Crippen LogP contribution is -2.55. The number of ether oxygens (including phenoxy) is 2. The fourth-order valence-electron chi connectivity index (χ4n) is 3.21. The maximum atomic E-state index is 12.2. The minimum absolute atomic E-state index is 0.105. The van der Waals surface area contributed by atoms with Crippen LogP contribution in [0.4, 0.5) is 4.79 Å². The van der Waals surface area contributed by atoms with E-state index in [1.807, 2.05) is 0 Å². The van der Waals surface area contributed by atoms with Gasteiger partial charge in [0.2, 0.25) is 11.8 Å². The van der Waals surface area contributed by atoms with Gasteiger partial charge in [-0.3, -0.25) is 9.59 Å². The van der Waals surface area contributed by atoms with E-state index in [1.54, 1.807) is 0 Å². The number of nitrogens with zero attached hydrogens (tertiary/aromatic N) is 2. The number of amides is 4. The lowest BCUT2D eigenvalue weighted by Gasteiger charge is -2.42. The molecule has 0 aromatic carbocycles. The quantitative estimate of drug-likeness (QED) is 0.657. The van der Waals surface area contributed by atoms with Crippen LogP contribution >= 0.6 is 0 Å². The van der Waals surface area contributed by atoms with Crippen LogP contribution in [-0.4, -0.2) is 52.3 Å². The van der Waals surface area contributed by atoms with Crippen LogP contribution in [0.15, 0.2) is 0 Å². The summed E-state index contributed by atoms with van der Waals surface area (Å²) in [7, 11) is 0. The molecule has 7 heteroatoms. The Morgan fingerprint density at radius 3 is 1.70 bits per heavy atom. The molecule has 3 aliphatic rings. The number of carbonyl (C=O) groups is 3. The Balaban J connectivity index is 1.91. The van der Waals surface area contributed by atoms with Crippen molar-refractivity contribution in [2.75, 3.05) is 0 Å². The predicted molar refractivity (Wildman–Crippen MR) is 66.2 cm³/mol. The standard InChI is InChI=1S/C13H18N2O5/c1-7(16)14-11-12(15(8(2)17)13(14)18)20-10-6-4-3-5-9(10)19-11/h9-12H,3-6H2,1-2H3/t9-,10+,11+,12-. The van der Waals surface area contributed by atoms with Crippen LogP contribution in [0.25, 0.3) is 0 Å². The molecule has 0 aromatic heterocycles. The molecule has 2 aliphatic heterocycles. The van der Waals surface area contributed by atoms with Crippen LogP contribution in [0.5, 0.6) is 0 Å². The predicted octanol–water partition coefficient (Wildman–Crippen LogP) is 0.827. The van der Waals surface area contributed by atoms with Gasteiger partial charge < -0.3 is 9.47 Å². The first kappa shape index (κ1) is 13.5. The van der Waals surface area contributed by atoms with Crippen molar-refractivity contribution in [2.24, 2.45) is 0 Å². The smallest absolute Gasteiger partial charge is 0.338 e. The number of hydrogen-bond donors (Lipinski definition) is 0. The number of urea groups is 1. The minimum Gasteiger partial charge on any atom is -0.347 e. The summed E-state index contributed by atoms with van der Waals surface area (Å²) in [5.41, 5.74) is 0. The zero-order valence-corrected chi connectivity index (χ0v) is 11.6. The Morgan fingerprint density at radius 1 is 0.950 bits per heavy atom. The molecule has 0 spiro atoms. The Bertz CT molecular complexity index is 426. The summed E-state index contributed by atoms with van der Waals surface area (Å²) in [5.74, 6) is -0.877. The average molecular weight is 282 g/mol. The van der Waals surface area contributed by atoms with Gasteiger partial charge in [-0.25, -0.2) is 14.6 Å². The van der Waals surface area contributed by atoms with Gasteiger partial charge in [-0.05, 0) is 12.8 Å². The van der Waals surface area contributed by atoms with Crippen molar-refractivity contribution in [3.05, 3.63) is 0 Å². The summed E-state index contributed by atoms with van der Waals surface area (Å²) >= 11 is 0. The van der Waals surface area contributed by atoms with E-state index < -0.39 is 30.3 Å². The van der Waals surface area contributed by atoms with Gasteiger partial charge in [0.05, 0.1) is 12.2 Å². The Morgan fingerprint density at radius 2 is 1.35 bits per heavy atom. The fourth-order valence-corrected chi connectivity index (χ4v) is 3.21. The van der Waals surface area contributed by atoms with Crippen molar-refractivity contribution < 1.29 is 23.9 Å². The van der Waals surface area contributed by atoms with Crippen molar-refractivity contribution in [1.29, 1.82) is 0 Å². The second-order valence-corrected chi connectivity index (χ2v) is 5.48. The van der Waals surface area contributed by atoms with Crippen LogP contribution in [0.1, 0.15) is 39.5 Å². The topological polar surface area (TPSA) is 76.2 Å². The third kappa shape index (κ3) is 1.92. The molecule has 0 bridgehead atoms. The van der Waals surface area contributed by atoms with Gasteiger partial charge in [0.25, 0.3) is 0 Å². The molecular formula is C13H18N2O5. The first-order chi connectivity index (χ1) is 9.50. The average Bonchev–Trinajstić information content (AvgIpc) is 2.67. The molecule has 0 N–H and O–H groups in total. The van der Waals surface area contributed by atoms with Crippen molar-refractivity contribution in [2.45, 2.75) is 64.2 Å². The van der Waals surface area contributed by atoms with Gasteiger partial charge in [0.1, 0.15) is 0 Å². The van der Waals surface area contributed by atoms with E-state index in [0.29, 0.717) is 0 Å². The van der Waals surface area contributed by atoms with Crippen LogP contribution in [0.2, 0.25) is 0 Å². The summed E-state index contributed by atoms with van der Waals surface area (Å²) in [6, 6.07) is -0.654. The van der Waals surface area contributed by atoms with E-state index in [9.17, 15) is 14.4 Å². The Kier molecular flexibility index (Phi) is 3.25. The highest BCUT2D eigenvalue weighted by molar-refractivity contribution is 6.03. The molecule has 4 amide bonds. The van der Waals surface area contributed by atoms with E-state index in [2.05, 4.69) is 0 Å². The Hall–Kier alpha value is -1.47. The Labute approximate surface area is 116 Å². The number of imide groups is 2. The summed E-state index contributed by atoms with van der Waals surface area (Å²) in [5, 5.41) is 0. The molecule has 4 atom stereocenters. The third-order valence-electron chi connectivity index (χ3n) is 4.11. The molecule has 110 valence electrons. The first-order valence-electron chi connectivity index (χ1n) is 6.95. The summed E-state index contributed by atoms with van der Waals surface area (Å²) in [4.78, 5) is 37.5. The van der Waals surface area contributed by atoms with E-state index in [-0.39, 0.29) is 12.2 Å². The van der Waals surface area contributed by atoms with Crippen molar-refractivity contribution >= 4 is 17.8 Å². The van der Waals surface area contributed by atoms with Crippen LogP contribution < -0.4 is 0 Å². The normalized spacial score (nSPS) is 36.6. The van der Waals surface area contributed by atoms with E-state index in [0.717, 1.165) is 35.5 Å². The van der Waals surface area contributed by atoms with E-state index >= 15 is 0 Å². The number of rotatable bonds is 0. The van der Waals surface area contributed by atoms with Gasteiger partial charge in [-0.15, -0.1) is 0 Å². The van der Waals surface area contributed by atoms with E-state index in [4.69, 9.17) is 9.47 Å². The van der Waals surface area contributed by atoms with Crippen molar-refractivity contribution in [1.82, 2.24) is 9.80 Å². The SMILES string of the molecule is CC(=O)N1C(=O)N(C(C)=O)[C@H]2O[C@@H]3CCCC[C@@H]3O[C@H]21. The highest BCUT2D eigenvalue weighted by Crippen LogP contribution is 2.37. The van der Waals surface area contributed by atoms with Crippen LogP contribution in [0, 0.1) is 0 Å². The highest BCUT2D eigenvalue weighted by atomic mass is 16.6. The highest BCUT2D eigenvalue weighted by Gasteiger charge is 2.56. The molecule has 1 aliphatic carbocycles. The number of hydrogen-bond acceptors (Lipinski definition) is 5. The molecule has 3 fully saturated rings. The van der Waals surface area contributed by atoms with Crippen molar-refractivity contribution in [3.8, 4) is 0 Å². The lowest BCUT2D eigenvalue weighted by molar-refractivity contribution is -0.263. The maximum absolute atomic E-state index is 12.2. The molecule has 7 nitrogen and oxygen atoms in total. The maximum Gasteiger partial charge on any atom is 0.338 e. The molecule has 0 radical (unpaired) electrons. The molecular weight excluding hydrogens is 264 g/mol. The zero-order valence-electron chi connectivity index (χ0n) is 11.6. The summed E-state index contributed by atoms with van der Waals surface area (Å²) < 4.78 is 11.8. The van der Waals surface area contributed by atoms with Crippen molar-refractivity contribution in [3.63, 3.8) is 0 Å². The van der Waals surface area contributed by atoms with Gasteiger partial charge >= 0.3 is 6.03 Å². The minimum atomic E-state index is -0.816. The zero-order chi connectivity index (χ0) is 14.4. The molecule has 0 aromatic rings. The van der Waals surface area contributed by atoms with E-state index in [1.165, 1.54) is 13.8 Å². The number of carbonyl (C=O) groups excluding carboxylic acids is 3. The lowest BCUT2D eigenvalue weighted by atomic mass is 9.93. The summed E-state index contributed by atoms with van der Waals surface area (Å²) in [6.07, 6.45) is 1.96. The van der Waals surface area contributed by atoms with Gasteiger partial charge in [0.15, 0.2) is 12.5 Å². The molecule has 2 saturated heterocycles.